The molecule has 1 aromatic carbocycles. The first-order valence-corrected chi connectivity index (χ1v) is 13.0. The number of ketones is 1. The second kappa shape index (κ2) is 11.4. The molecule has 0 aromatic heterocycles. The van der Waals surface area contributed by atoms with Gasteiger partial charge in [0.05, 0.1) is 28.7 Å². The summed E-state index contributed by atoms with van der Waals surface area (Å²) in [4.78, 5) is 37.3. The summed E-state index contributed by atoms with van der Waals surface area (Å²) < 4.78 is 18.4. The highest BCUT2D eigenvalue weighted by Gasteiger charge is 2.50. The van der Waals surface area contributed by atoms with Crippen LogP contribution in [-0.2, 0) is 23.8 Å². The fraction of sp³-hybridized carbons (Fsp3) is 0.643. The molecule has 9 heteroatoms. The molecule has 37 heavy (non-hydrogen) atoms. The average molecular weight is 518 g/mol. The lowest BCUT2D eigenvalue weighted by atomic mass is 9.76. The Morgan fingerprint density at radius 1 is 1.16 bits per heavy atom. The van der Waals surface area contributed by atoms with E-state index in [4.69, 9.17) is 14.2 Å². The molecule has 0 saturated carbocycles. The number of nitro benzene ring substituents is 1. The summed E-state index contributed by atoms with van der Waals surface area (Å²) >= 11 is 0. The van der Waals surface area contributed by atoms with Crippen molar-refractivity contribution in [1.82, 2.24) is 0 Å². The summed E-state index contributed by atoms with van der Waals surface area (Å²) in [7, 11) is 0. The van der Waals surface area contributed by atoms with Crippen molar-refractivity contribution in [1.29, 1.82) is 0 Å². The lowest BCUT2D eigenvalue weighted by molar-refractivity contribution is -0.385. The predicted octanol–water partition coefficient (Wildman–Crippen LogP) is 4.91. The van der Waals surface area contributed by atoms with Crippen LogP contribution >= 0.6 is 0 Å². The number of ether oxygens (including phenoxy) is 3. The maximum Gasteiger partial charge on any atom is 0.311 e. The molecule has 0 amide bonds. The van der Waals surface area contributed by atoms with Crippen molar-refractivity contribution in [2.24, 2.45) is 23.7 Å². The summed E-state index contributed by atoms with van der Waals surface area (Å²) in [6.07, 6.45) is -0.474. The van der Waals surface area contributed by atoms with Crippen molar-refractivity contribution < 1.29 is 33.8 Å². The van der Waals surface area contributed by atoms with E-state index in [1.54, 1.807) is 33.8 Å². The van der Waals surface area contributed by atoms with E-state index in [-0.39, 0.29) is 23.8 Å². The van der Waals surface area contributed by atoms with Crippen LogP contribution in [0.25, 0.3) is 0 Å². The standard InChI is InChI=1S/C28H39NO8/c1-8-22-15(2)12-16(3)23(30)17(4)14-28(7,32)25-18(5)24(19(6)26(31)35-22)36-27(37-25)20-10-9-11-21(13-20)29(33)34/h9-13,15,17-19,22,24-25,27,32H,8,14H2,1-7H3/b16-12+/t15-,17-,18+,19-,22-,24+,25-,27?,28+/m1/s1. The van der Waals surface area contributed by atoms with E-state index in [9.17, 15) is 24.8 Å². The predicted molar refractivity (Wildman–Crippen MR) is 136 cm³/mol. The van der Waals surface area contributed by atoms with Crippen LogP contribution in [0.2, 0.25) is 0 Å². The number of nitrogens with zero attached hydrogens (tertiary/aromatic N) is 1. The molecule has 2 aliphatic heterocycles. The number of cyclic esters (lactones) is 1. The van der Waals surface area contributed by atoms with Gasteiger partial charge in [0.1, 0.15) is 6.10 Å². The first kappa shape index (κ1) is 28.9. The molecule has 1 saturated heterocycles. The van der Waals surface area contributed by atoms with Crippen LogP contribution in [0, 0.1) is 33.8 Å². The third-order valence-corrected chi connectivity index (χ3v) is 7.70. The Kier molecular flexibility index (Phi) is 8.93. The van der Waals surface area contributed by atoms with Crippen molar-refractivity contribution in [2.75, 3.05) is 0 Å². The van der Waals surface area contributed by atoms with E-state index in [2.05, 4.69) is 0 Å². The van der Waals surface area contributed by atoms with Gasteiger partial charge < -0.3 is 19.3 Å². The molecular formula is C28H39NO8. The van der Waals surface area contributed by atoms with Gasteiger partial charge in [0.25, 0.3) is 5.69 Å². The first-order chi connectivity index (χ1) is 17.3. The Hall–Kier alpha value is -2.62. The fourth-order valence-electron chi connectivity index (χ4n) is 5.71. The maximum atomic E-state index is 13.3. The Labute approximate surface area is 218 Å². The quantitative estimate of drug-likeness (QED) is 0.340. The number of esters is 1. The van der Waals surface area contributed by atoms with Crippen LogP contribution < -0.4 is 0 Å². The first-order valence-electron chi connectivity index (χ1n) is 13.0. The highest BCUT2D eigenvalue weighted by Crippen LogP contribution is 2.43. The number of hydrogen-bond donors (Lipinski definition) is 1. The summed E-state index contributed by atoms with van der Waals surface area (Å²) in [6.45, 7) is 12.5. The third kappa shape index (κ3) is 6.27. The molecule has 9 atom stereocenters. The SMILES string of the molecule is CC[C@H]1OC(=O)[C@H](C)[C@H]2OC(c3cccc([N+](=O)[O-])c3)O[C@H]([C@H]2C)[C@@](C)(O)C[C@@H](C)C(=O)/C(C)=C/[C@H]1C. The number of non-ortho nitro benzene ring substituents is 1. The van der Waals surface area contributed by atoms with E-state index in [1.807, 2.05) is 26.8 Å². The summed E-state index contributed by atoms with van der Waals surface area (Å²) in [5.41, 5.74) is -0.625. The highest BCUT2D eigenvalue weighted by atomic mass is 16.7. The lowest BCUT2D eigenvalue weighted by Crippen LogP contribution is -2.56. The molecule has 0 aliphatic carbocycles. The number of Topliss-reactive ketones (excluding diaryl/α,β-unsaturated/α-hetero) is 1. The van der Waals surface area contributed by atoms with Gasteiger partial charge in [-0.2, -0.15) is 0 Å². The smallest absolute Gasteiger partial charge is 0.311 e. The molecule has 3 rings (SSSR count). The number of carbonyl (C=O) groups is 2. The van der Waals surface area contributed by atoms with Crippen molar-refractivity contribution in [3.63, 3.8) is 0 Å². The molecule has 2 bridgehead atoms. The van der Waals surface area contributed by atoms with Crippen molar-refractivity contribution >= 4 is 17.4 Å². The van der Waals surface area contributed by atoms with Gasteiger partial charge in [0, 0.05) is 35.4 Å². The summed E-state index contributed by atoms with van der Waals surface area (Å²) in [5, 5.41) is 23.0. The number of nitro groups is 1. The molecule has 1 N–H and O–H groups in total. The van der Waals surface area contributed by atoms with Gasteiger partial charge in [-0.3, -0.25) is 19.7 Å². The zero-order valence-electron chi connectivity index (χ0n) is 22.7. The highest BCUT2D eigenvalue weighted by molar-refractivity contribution is 5.96. The molecule has 2 heterocycles. The number of allylic oxidation sites excluding steroid dienone is 1. The van der Waals surface area contributed by atoms with E-state index < -0.39 is 58.8 Å². The molecule has 0 radical (unpaired) electrons. The van der Waals surface area contributed by atoms with Crippen molar-refractivity contribution in [3.05, 3.63) is 51.6 Å². The summed E-state index contributed by atoms with van der Waals surface area (Å²) in [6, 6.07) is 5.91. The molecule has 0 spiro atoms. The molecular weight excluding hydrogens is 478 g/mol. The number of carbonyl (C=O) groups excluding carboxylic acids is 2. The Balaban J connectivity index is 2.08. The number of hydrogen-bond acceptors (Lipinski definition) is 8. The van der Waals surface area contributed by atoms with Crippen LogP contribution in [0.5, 0.6) is 0 Å². The minimum atomic E-state index is -1.46. The number of fused-ring (bicyclic) bond motifs is 2. The second-order valence-corrected chi connectivity index (χ2v) is 10.9. The van der Waals surface area contributed by atoms with Crippen molar-refractivity contribution in [2.45, 2.75) is 91.5 Å². The van der Waals surface area contributed by atoms with Gasteiger partial charge in [-0.25, -0.2) is 0 Å². The van der Waals surface area contributed by atoms with Crippen LogP contribution in [-0.4, -0.2) is 45.7 Å². The Bertz CT molecular complexity index is 1050. The van der Waals surface area contributed by atoms with E-state index >= 15 is 0 Å². The Morgan fingerprint density at radius 3 is 2.46 bits per heavy atom. The molecule has 9 nitrogen and oxygen atoms in total. The van der Waals surface area contributed by atoms with Crippen LogP contribution in [0.1, 0.15) is 73.2 Å². The third-order valence-electron chi connectivity index (χ3n) is 7.70. The topological polar surface area (TPSA) is 125 Å². The van der Waals surface area contributed by atoms with Gasteiger partial charge >= 0.3 is 5.97 Å². The van der Waals surface area contributed by atoms with Gasteiger partial charge in [-0.1, -0.05) is 45.9 Å². The van der Waals surface area contributed by atoms with Crippen molar-refractivity contribution in [3.8, 4) is 0 Å². The molecule has 1 fully saturated rings. The minimum absolute atomic E-state index is 0.0924. The van der Waals surface area contributed by atoms with E-state index in [1.165, 1.54) is 18.2 Å². The maximum absolute atomic E-state index is 13.3. The van der Waals surface area contributed by atoms with E-state index in [0.717, 1.165) is 0 Å². The number of aliphatic hydroxyl groups is 1. The molecule has 2 aliphatic rings. The van der Waals surface area contributed by atoms with Crippen LogP contribution in [0.3, 0.4) is 0 Å². The number of rotatable bonds is 3. The number of benzene rings is 1. The van der Waals surface area contributed by atoms with Crippen LogP contribution in [0.15, 0.2) is 35.9 Å². The second-order valence-electron chi connectivity index (χ2n) is 10.9. The lowest BCUT2D eigenvalue weighted by Gasteiger charge is -2.48. The zero-order chi connectivity index (χ0) is 27.7. The normalized spacial score (nSPS) is 39.2. The van der Waals surface area contributed by atoms with Gasteiger partial charge in [-0.05, 0) is 39.2 Å². The zero-order valence-corrected chi connectivity index (χ0v) is 22.7. The van der Waals surface area contributed by atoms with E-state index in [0.29, 0.717) is 17.6 Å². The van der Waals surface area contributed by atoms with Gasteiger partial charge in [0.2, 0.25) is 0 Å². The largest absolute Gasteiger partial charge is 0.461 e. The van der Waals surface area contributed by atoms with Gasteiger partial charge in [-0.15, -0.1) is 0 Å². The monoisotopic (exact) mass is 517 g/mol. The molecule has 1 aromatic rings. The average Bonchev–Trinajstić information content (AvgIpc) is 2.85. The van der Waals surface area contributed by atoms with Gasteiger partial charge in [0.15, 0.2) is 12.1 Å². The summed E-state index contributed by atoms with van der Waals surface area (Å²) in [5.74, 6) is -2.37. The minimum Gasteiger partial charge on any atom is -0.461 e. The molecule has 204 valence electrons. The Morgan fingerprint density at radius 2 is 1.84 bits per heavy atom. The molecule has 1 unspecified atom stereocenters. The van der Waals surface area contributed by atoms with Crippen LogP contribution in [0.4, 0.5) is 5.69 Å². The fourth-order valence-corrected chi connectivity index (χ4v) is 5.71.